The Bertz CT molecular complexity index is 153. The maximum atomic E-state index is 10.9. The minimum Gasteiger partial charge on any atom is -0.462 e. The lowest BCUT2D eigenvalue weighted by molar-refractivity contribution is -0.143. The minimum absolute atomic E-state index is 0.293. The van der Waals surface area contributed by atoms with Gasteiger partial charge in [0.25, 0.3) is 3.79 Å². The molecule has 0 aliphatic rings. The summed E-state index contributed by atoms with van der Waals surface area (Å²) >= 11 is 15.8. The molecule has 5 heteroatoms. The second-order valence-electron chi connectivity index (χ2n) is 2.61. The fourth-order valence-corrected chi connectivity index (χ4v) is 0.581. The third-order valence-electron chi connectivity index (χ3n) is 1.43. The van der Waals surface area contributed by atoms with Crippen LogP contribution in [0.4, 0.5) is 0 Å². The van der Waals surface area contributed by atoms with Gasteiger partial charge in [0.1, 0.15) is 0 Å². The molecule has 0 saturated carbocycles. The van der Waals surface area contributed by atoms with E-state index < -0.39 is 9.76 Å². The van der Waals surface area contributed by atoms with Crippen molar-refractivity contribution in [3.8, 4) is 0 Å². The number of halogens is 3. The van der Waals surface area contributed by atoms with Crippen LogP contribution in [0.1, 0.15) is 20.3 Å². The van der Waals surface area contributed by atoms with E-state index in [1.807, 2.05) is 13.8 Å². The zero-order valence-corrected chi connectivity index (χ0v) is 9.21. The molecule has 1 atom stereocenters. The summed E-state index contributed by atoms with van der Waals surface area (Å²) in [6, 6.07) is 0. The van der Waals surface area contributed by atoms with Crippen LogP contribution in [-0.4, -0.2) is 16.4 Å². The Morgan fingerprint density at radius 3 is 2.33 bits per heavy atom. The van der Waals surface area contributed by atoms with Crippen molar-refractivity contribution in [3.63, 3.8) is 0 Å². The first-order chi connectivity index (χ1) is 5.38. The number of hydrogen-bond acceptors (Lipinski definition) is 2. The van der Waals surface area contributed by atoms with Crippen molar-refractivity contribution < 1.29 is 9.53 Å². The number of carbonyl (C=O) groups excluding carboxylic acids is 1. The number of rotatable bonds is 3. The highest BCUT2D eigenvalue weighted by atomic mass is 35.6. The largest absolute Gasteiger partial charge is 0.462 e. The van der Waals surface area contributed by atoms with E-state index in [2.05, 4.69) is 0 Å². The standard InChI is InChI=1S/C7H11Cl3O2/c1-3-5(2)4-12-6(11)7(8,9)10/h5H,3-4H2,1-2H3/t5-/m1/s1. The summed E-state index contributed by atoms with van der Waals surface area (Å²) < 4.78 is 2.77. The molecule has 72 valence electrons. The van der Waals surface area contributed by atoms with Gasteiger partial charge >= 0.3 is 5.97 Å². The topological polar surface area (TPSA) is 26.3 Å². The highest BCUT2D eigenvalue weighted by molar-refractivity contribution is 6.75. The van der Waals surface area contributed by atoms with Crippen molar-refractivity contribution in [2.45, 2.75) is 24.1 Å². The Kier molecular flexibility index (Phi) is 5.30. The Morgan fingerprint density at radius 1 is 1.50 bits per heavy atom. The van der Waals surface area contributed by atoms with E-state index in [1.165, 1.54) is 0 Å². The number of ether oxygens (including phenoxy) is 1. The summed E-state index contributed by atoms with van der Waals surface area (Å²) in [5.41, 5.74) is 0. The molecule has 0 aromatic heterocycles. The van der Waals surface area contributed by atoms with Crippen LogP contribution in [0, 0.1) is 5.92 Å². The average molecular weight is 234 g/mol. The second-order valence-corrected chi connectivity index (χ2v) is 4.89. The molecule has 0 spiro atoms. The maximum absolute atomic E-state index is 10.9. The Balaban J connectivity index is 3.73. The molecule has 0 heterocycles. The van der Waals surface area contributed by atoms with E-state index in [4.69, 9.17) is 39.5 Å². The molecule has 2 nitrogen and oxygen atoms in total. The highest BCUT2D eigenvalue weighted by Gasteiger charge is 2.32. The Labute approximate surface area is 87.1 Å². The molecule has 0 bridgehead atoms. The quantitative estimate of drug-likeness (QED) is 0.553. The monoisotopic (exact) mass is 232 g/mol. The average Bonchev–Trinajstić information content (AvgIpc) is 1.97. The first kappa shape index (κ1) is 12.3. The fraction of sp³-hybridized carbons (Fsp3) is 0.857. The lowest BCUT2D eigenvalue weighted by Gasteiger charge is -2.13. The van der Waals surface area contributed by atoms with Crippen LogP contribution in [0.25, 0.3) is 0 Å². The van der Waals surface area contributed by atoms with Crippen LogP contribution in [0.5, 0.6) is 0 Å². The normalized spacial score (nSPS) is 14.1. The van der Waals surface area contributed by atoms with Gasteiger partial charge in [-0.2, -0.15) is 0 Å². The molecule has 0 saturated heterocycles. The van der Waals surface area contributed by atoms with Crippen LogP contribution >= 0.6 is 34.8 Å². The molecule has 0 N–H and O–H groups in total. The van der Waals surface area contributed by atoms with Crippen molar-refractivity contribution in [1.29, 1.82) is 0 Å². The van der Waals surface area contributed by atoms with Gasteiger partial charge in [-0.15, -0.1) is 0 Å². The molecule has 0 aromatic rings. The van der Waals surface area contributed by atoms with Gasteiger partial charge in [0, 0.05) is 0 Å². The van der Waals surface area contributed by atoms with Gasteiger partial charge in [-0.1, -0.05) is 55.1 Å². The maximum Gasteiger partial charge on any atom is 0.358 e. The van der Waals surface area contributed by atoms with Gasteiger partial charge in [-0.05, 0) is 5.92 Å². The van der Waals surface area contributed by atoms with Crippen LogP contribution in [0.3, 0.4) is 0 Å². The van der Waals surface area contributed by atoms with Gasteiger partial charge in [-0.25, -0.2) is 4.79 Å². The van der Waals surface area contributed by atoms with Crippen molar-refractivity contribution in [3.05, 3.63) is 0 Å². The van der Waals surface area contributed by atoms with Crippen LogP contribution in [0.2, 0.25) is 0 Å². The van der Waals surface area contributed by atoms with Gasteiger partial charge in [0.15, 0.2) is 0 Å². The number of alkyl halides is 3. The molecule has 0 aromatic carbocycles. The smallest absolute Gasteiger partial charge is 0.358 e. The molecule has 0 radical (unpaired) electrons. The highest BCUT2D eigenvalue weighted by Crippen LogP contribution is 2.27. The fourth-order valence-electron chi connectivity index (χ4n) is 0.418. The van der Waals surface area contributed by atoms with Gasteiger partial charge in [0.2, 0.25) is 0 Å². The third-order valence-corrected chi connectivity index (χ3v) is 1.89. The predicted molar refractivity (Wildman–Crippen MR) is 50.7 cm³/mol. The van der Waals surface area contributed by atoms with E-state index in [-0.39, 0.29) is 0 Å². The minimum atomic E-state index is -1.95. The molecule has 0 fully saturated rings. The number of carbonyl (C=O) groups is 1. The first-order valence-corrected chi connectivity index (χ1v) is 4.75. The zero-order chi connectivity index (χ0) is 9.78. The lowest BCUT2D eigenvalue weighted by Crippen LogP contribution is -2.24. The lowest BCUT2D eigenvalue weighted by atomic mass is 10.1. The molecule has 0 rings (SSSR count). The summed E-state index contributed by atoms with van der Waals surface area (Å²) in [5, 5.41) is 0. The van der Waals surface area contributed by atoms with E-state index in [9.17, 15) is 4.79 Å². The SMILES string of the molecule is CC[C@@H](C)COC(=O)C(Cl)(Cl)Cl. The molecule has 0 aliphatic carbocycles. The first-order valence-electron chi connectivity index (χ1n) is 3.61. The summed E-state index contributed by atoms with van der Waals surface area (Å²) in [6.07, 6.45) is 0.924. The van der Waals surface area contributed by atoms with Crippen LogP contribution in [0.15, 0.2) is 0 Å². The van der Waals surface area contributed by atoms with Crippen molar-refractivity contribution in [1.82, 2.24) is 0 Å². The van der Waals surface area contributed by atoms with Crippen LogP contribution < -0.4 is 0 Å². The molecule has 0 unspecified atom stereocenters. The van der Waals surface area contributed by atoms with E-state index in [1.54, 1.807) is 0 Å². The van der Waals surface area contributed by atoms with Gasteiger partial charge in [-0.3, -0.25) is 0 Å². The molecular weight excluding hydrogens is 222 g/mol. The Hall–Kier alpha value is 0.340. The predicted octanol–water partition coefficient (Wildman–Crippen LogP) is 2.95. The van der Waals surface area contributed by atoms with E-state index in [0.29, 0.717) is 12.5 Å². The molecule has 0 aliphatic heterocycles. The third kappa shape index (κ3) is 5.07. The van der Waals surface area contributed by atoms with Crippen molar-refractivity contribution in [2.75, 3.05) is 6.61 Å². The zero-order valence-electron chi connectivity index (χ0n) is 6.94. The van der Waals surface area contributed by atoms with Crippen molar-refractivity contribution in [2.24, 2.45) is 5.92 Å². The summed E-state index contributed by atoms with van der Waals surface area (Å²) in [5.74, 6) is -0.519. The van der Waals surface area contributed by atoms with E-state index >= 15 is 0 Å². The molecular formula is C7H11Cl3O2. The van der Waals surface area contributed by atoms with E-state index in [0.717, 1.165) is 6.42 Å². The van der Waals surface area contributed by atoms with Crippen molar-refractivity contribution >= 4 is 40.8 Å². The summed E-state index contributed by atoms with van der Waals surface area (Å²) in [6.45, 7) is 4.24. The second kappa shape index (κ2) is 5.15. The summed E-state index contributed by atoms with van der Waals surface area (Å²) in [4.78, 5) is 10.9. The van der Waals surface area contributed by atoms with Crippen LogP contribution in [-0.2, 0) is 9.53 Å². The van der Waals surface area contributed by atoms with Gasteiger partial charge < -0.3 is 4.74 Å². The number of esters is 1. The Morgan fingerprint density at radius 2 is 2.00 bits per heavy atom. The van der Waals surface area contributed by atoms with Gasteiger partial charge in [0.05, 0.1) is 6.61 Å². The summed E-state index contributed by atoms with van der Waals surface area (Å²) in [7, 11) is 0. The molecule has 12 heavy (non-hydrogen) atoms. The number of hydrogen-bond donors (Lipinski definition) is 0. The molecule has 0 amide bonds.